The smallest absolute Gasteiger partial charge is 0.242 e. The zero-order valence-electron chi connectivity index (χ0n) is 10.8. The molecule has 0 bridgehead atoms. The summed E-state index contributed by atoms with van der Waals surface area (Å²) >= 11 is 5.98. The first-order valence-electron chi connectivity index (χ1n) is 5.94. The highest BCUT2D eigenvalue weighted by molar-refractivity contribution is 7.89. The van der Waals surface area contributed by atoms with Crippen LogP contribution in [0.2, 0.25) is 5.02 Å². The molecule has 108 valence electrons. The topological polar surface area (TPSA) is 84.2 Å². The summed E-state index contributed by atoms with van der Waals surface area (Å²) in [7, 11) is -3.68. The lowest BCUT2D eigenvalue weighted by atomic mass is 10.4. The normalized spacial score (nSPS) is 11.5. The van der Waals surface area contributed by atoms with Crippen molar-refractivity contribution in [1.29, 1.82) is 0 Å². The summed E-state index contributed by atoms with van der Waals surface area (Å²) in [6, 6.07) is 4.73. The number of pyridine rings is 1. The molecule has 2 rings (SSSR count). The molecule has 0 unspecified atom stereocenters. The number of furan rings is 1. The number of rotatable bonds is 6. The fourth-order valence-corrected chi connectivity index (χ4v) is 2.79. The van der Waals surface area contributed by atoms with Gasteiger partial charge < -0.3 is 9.73 Å². The Kier molecular flexibility index (Phi) is 4.64. The SMILES string of the molecule is CCNc1ncc(S(=O)(=O)NCc2ccco2)cc1Cl. The maximum absolute atomic E-state index is 12.1. The Morgan fingerprint density at radius 2 is 2.25 bits per heavy atom. The second-order valence-corrected chi connectivity index (χ2v) is 6.11. The maximum atomic E-state index is 12.1. The molecule has 0 spiro atoms. The van der Waals surface area contributed by atoms with Gasteiger partial charge in [-0.3, -0.25) is 0 Å². The van der Waals surface area contributed by atoms with Gasteiger partial charge in [-0.15, -0.1) is 0 Å². The van der Waals surface area contributed by atoms with Gasteiger partial charge in [0.15, 0.2) is 0 Å². The van der Waals surface area contributed by atoms with Gasteiger partial charge in [0.2, 0.25) is 10.0 Å². The lowest BCUT2D eigenvalue weighted by Crippen LogP contribution is -2.23. The molecule has 0 amide bonds. The molecular weight excluding hydrogens is 302 g/mol. The molecule has 2 N–H and O–H groups in total. The van der Waals surface area contributed by atoms with E-state index < -0.39 is 10.0 Å². The molecule has 0 aliphatic rings. The standard InChI is InChI=1S/C12H14ClN3O3S/c1-2-14-12-11(13)6-10(8-15-12)20(17,18)16-7-9-4-3-5-19-9/h3-6,8,16H,2,7H2,1H3,(H,14,15). The Labute approximate surface area is 122 Å². The number of sulfonamides is 1. The molecule has 2 heterocycles. The Hall–Kier alpha value is -1.57. The zero-order chi connectivity index (χ0) is 14.6. The number of aromatic nitrogens is 1. The monoisotopic (exact) mass is 315 g/mol. The molecule has 0 aliphatic heterocycles. The first-order chi connectivity index (χ1) is 9.53. The van der Waals surface area contributed by atoms with Gasteiger partial charge >= 0.3 is 0 Å². The second-order valence-electron chi connectivity index (χ2n) is 3.94. The van der Waals surface area contributed by atoms with Crippen molar-refractivity contribution in [2.75, 3.05) is 11.9 Å². The highest BCUT2D eigenvalue weighted by atomic mass is 35.5. The van der Waals surface area contributed by atoms with Crippen LogP contribution in [0.15, 0.2) is 40.0 Å². The largest absolute Gasteiger partial charge is 0.468 e. The zero-order valence-corrected chi connectivity index (χ0v) is 12.3. The molecule has 0 saturated carbocycles. The number of halogens is 1. The second kappa shape index (κ2) is 6.25. The van der Waals surface area contributed by atoms with Crippen molar-refractivity contribution in [2.45, 2.75) is 18.4 Å². The summed E-state index contributed by atoms with van der Waals surface area (Å²) in [6.07, 6.45) is 2.74. The number of nitrogens with zero attached hydrogens (tertiary/aromatic N) is 1. The van der Waals surface area contributed by atoms with Crippen LogP contribution >= 0.6 is 11.6 Å². The van der Waals surface area contributed by atoms with Crippen LogP contribution in [0, 0.1) is 0 Å². The van der Waals surface area contributed by atoms with E-state index in [2.05, 4.69) is 15.0 Å². The van der Waals surface area contributed by atoms with E-state index in [0.29, 0.717) is 18.1 Å². The van der Waals surface area contributed by atoms with Crippen molar-refractivity contribution in [3.05, 3.63) is 41.4 Å². The Morgan fingerprint density at radius 1 is 1.45 bits per heavy atom. The molecule has 0 aromatic carbocycles. The lowest BCUT2D eigenvalue weighted by molar-refractivity contribution is 0.498. The maximum Gasteiger partial charge on any atom is 0.242 e. The van der Waals surface area contributed by atoms with Crippen LogP contribution in [-0.2, 0) is 16.6 Å². The quantitative estimate of drug-likeness (QED) is 0.854. The average Bonchev–Trinajstić information content (AvgIpc) is 2.92. The Bertz CT molecular complexity index is 671. The number of hydrogen-bond acceptors (Lipinski definition) is 5. The summed E-state index contributed by atoms with van der Waals surface area (Å²) in [5.74, 6) is 0.982. The number of nitrogens with one attached hydrogen (secondary N) is 2. The molecule has 2 aromatic heterocycles. The molecule has 0 saturated heterocycles. The van der Waals surface area contributed by atoms with Crippen LogP contribution < -0.4 is 10.0 Å². The summed E-state index contributed by atoms with van der Waals surface area (Å²) in [6.45, 7) is 2.62. The van der Waals surface area contributed by atoms with Crippen molar-refractivity contribution in [3.63, 3.8) is 0 Å². The third-order valence-corrected chi connectivity index (χ3v) is 4.14. The summed E-state index contributed by atoms with van der Waals surface area (Å²) < 4.78 is 31.6. The fourth-order valence-electron chi connectivity index (χ4n) is 1.53. The summed E-state index contributed by atoms with van der Waals surface area (Å²) in [4.78, 5) is 4.00. The van der Waals surface area contributed by atoms with Gasteiger partial charge in [-0.1, -0.05) is 11.6 Å². The van der Waals surface area contributed by atoms with Crippen LogP contribution in [-0.4, -0.2) is 19.9 Å². The van der Waals surface area contributed by atoms with Crippen molar-refractivity contribution in [1.82, 2.24) is 9.71 Å². The highest BCUT2D eigenvalue weighted by Crippen LogP contribution is 2.22. The molecule has 0 aliphatic carbocycles. The predicted molar refractivity (Wildman–Crippen MR) is 76.1 cm³/mol. The van der Waals surface area contributed by atoms with Crippen LogP contribution in [0.25, 0.3) is 0 Å². The van der Waals surface area contributed by atoms with E-state index in [9.17, 15) is 8.42 Å². The van der Waals surface area contributed by atoms with Gasteiger partial charge in [-0.2, -0.15) is 0 Å². The van der Waals surface area contributed by atoms with E-state index in [4.69, 9.17) is 16.0 Å². The molecule has 0 atom stereocenters. The van der Waals surface area contributed by atoms with Crippen molar-refractivity contribution in [2.24, 2.45) is 0 Å². The molecule has 0 radical (unpaired) electrons. The van der Waals surface area contributed by atoms with Crippen LogP contribution in [0.4, 0.5) is 5.82 Å². The van der Waals surface area contributed by atoms with Gasteiger partial charge in [0, 0.05) is 12.7 Å². The average molecular weight is 316 g/mol. The Morgan fingerprint density at radius 3 is 2.85 bits per heavy atom. The first kappa shape index (κ1) is 14.8. The van der Waals surface area contributed by atoms with Gasteiger partial charge in [-0.05, 0) is 25.1 Å². The Balaban J connectivity index is 2.14. The summed E-state index contributed by atoms with van der Waals surface area (Å²) in [5, 5.41) is 3.19. The first-order valence-corrected chi connectivity index (χ1v) is 7.80. The van der Waals surface area contributed by atoms with Gasteiger partial charge in [0.25, 0.3) is 0 Å². The molecule has 6 nitrogen and oxygen atoms in total. The van der Waals surface area contributed by atoms with Crippen LogP contribution in [0.5, 0.6) is 0 Å². The van der Waals surface area contributed by atoms with Crippen molar-refractivity contribution in [3.8, 4) is 0 Å². The van der Waals surface area contributed by atoms with Crippen molar-refractivity contribution >= 4 is 27.4 Å². The molecule has 8 heteroatoms. The van der Waals surface area contributed by atoms with E-state index in [1.165, 1.54) is 18.5 Å². The van der Waals surface area contributed by atoms with Crippen LogP contribution in [0.3, 0.4) is 0 Å². The molecule has 0 fully saturated rings. The highest BCUT2D eigenvalue weighted by Gasteiger charge is 2.16. The van der Waals surface area contributed by atoms with Gasteiger partial charge in [0.1, 0.15) is 16.5 Å². The minimum atomic E-state index is -3.68. The minimum Gasteiger partial charge on any atom is -0.468 e. The number of hydrogen-bond donors (Lipinski definition) is 2. The van der Waals surface area contributed by atoms with Crippen molar-refractivity contribution < 1.29 is 12.8 Å². The van der Waals surface area contributed by atoms with E-state index in [-0.39, 0.29) is 16.5 Å². The minimum absolute atomic E-state index is 0.00992. The molecule has 20 heavy (non-hydrogen) atoms. The van der Waals surface area contributed by atoms with Gasteiger partial charge in [0.05, 0.1) is 17.8 Å². The lowest BCUT2D eigenvalue weighted by Gasteiger charge is -2.08. The molecular formula is C12H14ClN3O3S. The molecule has 2 aromatic rings. The third-order valence-electron chi connectivity index (χ3n) is 2.49. The van der Waals surface area contributed by atoms with E-state index in [1.54, 1.807) is 12.1 Å². The van der Waals surface area contributed by atoms with E-state index in [0.717, 1.165) is 0 Å². The number of anilines is 1. The third kappa shape index (κ3) is 3.50. The van der Waals surface area contributed by atoms with E-state index >= 15 is 0 Å². The van der Waals surface area contributed by atoms with E-state index in [1.807, 2.05) is 6.92 Å². The van der Waals surface area contributed by atoms with Gasteiger partial charge in [-0.25, -0.2) is 18.1 Å². The predicted octanol–water partition coefficient (Wildman–Crippen LogP) is 2.24. The summed E-state index contributed by atoms with van der Waals surface area (Å²) in [5.41, 5.74) is 0. The fraction of sp³-hybridized carbons (Fsp3) is 0.250. The van der Waals surface area contributed by atoms with Crippen LogP contribution in [0.1, 0.15) is 12.7 Å².